The predicted octanol–water partition coefficient (Wildman–Crippen LogP) is 4.34. The van der Waals surface area contributed by atoms with Crippen LogP contribution in [-0.4, -0.2) is 5.91 Å². The van der Waals surface area contributed by atoms with Gasteiger partial charge in [-0.3, -0.25) is 4.79 Å². The third-order valence-corrected chi connectivity index (χ3v) is 3.85. The molecule has 3 nitrogen and oxygen atoms in total. The molecule has 1 amide bonds. The summed E-state index contributed by atoms with van der Waals surface area (Å²) in [6, 6.07) is 17.8. The van der Waals surface area contributed by atoms with Crippen LogP contribution < -0.4 is 5.32 Å². The fraction of sp³-hybridized carbons (Fsp3) is 0.238. The first kappa shape index (κ1) is 17.5. The summed E-state index contributed by atoms with van der Waals surface area (Å²) < 4.78 is 0. The van der Waals surface area contributed by atoms with E-state index in [4.69, 9.17) is 0 Å². The summed E-state index contributed by atoms with van der Waals surface area (Å²) in [5.74, 6) is 0.0993. The molecular weight excluding hydrogens is 296 g/mol. The molecule has 1 N–H and O–H groups in total. The zero-order chi connectivity index (χ0) is 17.5. The van der Waals surface area contributed by atoms with E-state index in [2.05, 4.69) is 19.2 Å². The van der Waals surface area contributed by atoms with Gasteiger partial charge in [0.15, 0.2) is 0 Å². The Bertz CT molecular complexity index is 763. The van der Waals surface area contributed by atoms with Crippen LogP contribution in [0.3, 0.4) is 0 Å². The van der Waals surface area contributed by atoms with Crippen LogP contribution in [0.5, 0.6) is 0 Å². The number of carbonyl (C=O) groups is 1. The maximum Gasteiger partial charge on any atom is 0.262 e. The van der Waals surface area contributed by atoms with Crippen LogP contribution in [0.1, 0.15) is 42.0 Å². The Kier molecular flexibility index (Phi) is 5.92. The average Bonchev–Trinajstić information content (AvgIpc) is 2.59. The van der Waals surface area contributed by atoms with Crippen LogP contribution >= 0.6 is 0 Å². The Morgan fingerprint density at radius 1 is 1.12 bits per heavy atom. The topological polar surface area (TPSA) is 52.9 Å². The second-order valence-corrected chi connectivity index (χ2v) is 6.16. The molecule has 0 radical (unpaired) electrons. The minimum atomic E-state index is -0.356. The number of nitrogens with one attached hydrogen (secondary N) is 1. The fourth-order valence-corrected chi connectivity index (χ4v) is 2.28. The monoisotopic (exact) mass is 318 g/mol. The van der Waals surface area contributed by atoms with E-state index in [1.807, 2.05) is 61.5 Å². The Morgan fingerprint density at radius 2 is 1.75 bits per heavy atom. The van der Waals surface area contributed by atoms with Gasteiger partial charge in [0, 0.05) is 6.54 Å². The number of nitriles is 1. The number of carbonyl (C=O) groups excluding carboxylic acids is 1. The standard InChI is InChI=1S/C21H22N2O/c1-15(2)19-10-8-17(9-11-19)12-20(13-22)21(24)23-14-18-6-4-16(3)5-7-18/h4-12,15H,14H2,1-3H3,(H,23,24)/b20-12+. The van der Waals surface area contributed by atoms with Gasteiger partial charge in [0.2, 0.25) is 0 Å². The predicted molar refractivity (Wildman–Crippen MR) is 97.1 cm³/mol. The van der Waals surface area contributed by atoms with Crippen molar-refractivity contribution in [3.05, 3.63) is 76.4 Å². The molecule has 0 unspecified atom stereocenters. The number of benzene rings is 2. The van der Waals surface area contributed by atoms with Gasteiger partial charge in [-0.05, 0) is 35.6 Å². The van der Waals surface area contributed by atoms with Crippen LogP contribution in [0.15, 0.2) is 54.1 Å². The first-order valence-corrected chi connectivity index (χ1v) is 8.05. The van der Waals surface area contributed by atoms with E-state index in [1.54, 1.807) is 6.08 Å². The largest absolute Gasteiger partial charge is 0.347 e. The lowest BCUT2D eigenvalue weighted by Gasteiger charge is -2.06. The number of aryl methyl sites for hydroxylation is 1. The number of amides is 1. The Hall–Kier alpha value is -2.86. The lowest BCUT2D eigenvalue weighted by molar-refractivity contribution is -0.117. The summed E-state index contributed by atoms with van der Waals surface area (Å²) in [7, 11) is 0. The number of hydrogen-bond acceptors (Lipinski definition) is 2. The number of nitrogens with zero attached hydrogens (tertiary/aromatic N) is 1. The van der Waals surface area contributed by atoms with Gasteiger partial charge in [0.05, 0.1) is 0 Å². The average molecular weight is 318 g/mol. The van der Waals surface area contributed by atoms with Gasteiger partial charge in [0.1, 0.15) is 11.6 Å². The minimum Gasteiger partial charge on any atom is -0.347 e. The van der Waals surface area contributed by atoms with Crippen molar-refractivity contribution in [1.29, 1.82) is 5.26 Å². The summed E-state index contributed by atoms with van der Waals surface area (Å²) in [6.07, 6.45) is 1.62. The highest BCUT2D eigenvalue weighted by Crippen LogP contribution is 2.16. The maximum atomic E-state index is 12.2. The zero-order valence-corrected chi connectivity index (χ0v) is 14.3. The van der Waals surface area contributed by atoms with E-state index in [-0.39, 0.29) is 11.5 Å². The molecular formula is C21H22N2O. The van der Waals surface area contributed by atoms with E-state index in [0.717, 1.165) is 11.1 Å². The molecule has 2 rings (SSSR count). The second-order valence-electron chi connectivity index (χ2n) is 6.16. The molecule has 0 atom stereocenters. The summed E-state index contributed by atoms with van der Waals surface area (Å²) in [4.78, 5) is 12.2. The summed E-state index contributed by atoms with van der Waals surface area (Å²) in [5, 5.41) is 12.0. The minimum absolute atomic E-state index is 0.111. The quantitative estimate of drug-likeness (QED) is 0.658. The molecule has 0 bridgehead atoms. The number of rotatable bonds is 5. The SMILES string of the molecule is Cc1ccc(CNC(=O)/C(C#N)=C/c2ccc(C(C)C)cc2)cc1. The van der Waals surface area contributed by atoms with Gasteiger partial charge in [-0.25, -0.2) is 0 Å². The van der Waals surface area contributed by atoms with Crippen LogP contribution in [0, 0.1) is 18.3 Å². The van der Waals surface area contributed by atoms with Gasteiger partial charge < -0.3 is 5.32 Å². The van der Waals surface area contributed by atoms with Crippen molar-refractivity contribution in [1.82, 2.24) is 5.32 Å². The summed E-state index contributed by atoms with van der Waals surface area (Å²) >= 11 is 0. The van der Waals surface area contributed by atoms with Gasteiger partial charge in [0.25, 0.3) is 5.91 Å². The van der Waals surface area contributed by atoms with Crippen molar-refractivity contribution in [2.45, 2.75) is 33.2 Å². The molecule has 122 valence electrons. The third kappa shape index (κ3) is 4.82. The molecule has 0 aliphatic heterocycles. The molecule has 0 aromatic heterocycles. The first-order chi connectivity index (χ1) is 11.5. The molecule has 0 aliphatic rings. The smallest absolute Gasteiger partial charge is 0.262 e. The van der Waals surface area contributed by atoms with E-state index in [9.17, 15) is 10.1 Å². The Balaban J connectivity index is 2.05. The molecule has 2 aromatic carbocycles. The molecule has 3 heteroatoms. The Labute approximate surface area is 143 Å². The van der Waals surface area contributed by atoms with Crippen molar-refractivity contribution in [3.63, 3.8) is 0 Å². The summed E-state index contributed by atoms with van der Waals surface area (Å²) in [6.45, 7) is 6.68. The molecule has 0 heterocycles. The number of hydrogen-bond donors (Lipinski definition) is 1. The highest BCUT2D eigenvalue weighted by atomic mass is 16.1. The molecule has 2 aromatic rings. The summed E-state index contributed by atoms with van der Waals surface area (Å²) in [5.41, 5.74) is 4.37. The normalized spacial score (nSPS) is 11.2. The molecule has 24 heavy (non-hydrogen) atoms. The highest BCUT2D eigenvalue weighted by molar-refractivity contribution is 6.01. The van der Waals surface area contributed by atoms with E-state index in [0.29, 0.717) is 12.5 Å². The Morgan fingerprint density at radius 3 is 2.29 bits per heavy atom. The van der Waals surface area contributed by atoms with Gasteiger partial charge in [-0.15, -0.1) is 0 Å². The van der Waals surface area contributed by atoms with Gasteiger partial charge >= 0.3 is 0 Å². The van der Waals surface area contributed by atoms with Crippen LogP contribution in [0.25, 0.3) is 6.08 Å². The fourth-order valence-electron chi connectivity index (χ4n) is 2.28. The van der Waals surface area contributed by atoms with Crippen LogP contribution in [0.2, 0.25) is 0 Å². The van der Waals surface area contributed by atoms with Gasteiger partial charge in [-0.1, -0.05) is 67.9 Å². The van der Waals surface area contributed by atoms with E-state index < -0.39 is 0 Å². The molecule has 0 saturated carbocycles. The third-order valence-electron chi connectivity index (χ3n) is 3.85. The van der Waals surface area contributed by atoms with Crippen molar-refractivity contribution >= 4 is 12.0 Å². The molecule has 0 saturated heterocycles. The van der Waals surface area contributed by atoms with Crippen molar-refractivity contribution in [3.8, 4) is 6.07 Å². The lowest BCUT2D eigenvalue weighted by Crippen LogP contribution is -2.23. The van der Waals surface area contributed by atoms with Crippen LogP contribution in [-0.2, 0) is 11.3 Å². The van der Waals surface area contributed by atoms with Crippen LogP contribution in [0.4, 0.5) is 0 Å². The van der Waals surface area contributed by atoms with Crippen molar-refractivity contribution < 1.29 is 4.79 Å². The van der Waals surface area contributed by atoms with E-state index in [1.165, 1.54) is 11.1 Å². The zero-order valence-electron chi connectivity index (χ0n) is 14.3. The molecule has 0 spiro atoms. The second kappa shape index (κ2) is 8.12. The van der Waals surface area contributed by atoms with Gasteiger partial charge in [-0.2, -0.15) is 5.26 Å². The highest BCUT2D eigenvalue weighted by Gasteiger charge is 2.09. The molecule has 0 aliphatic carbocycles. The van der Waals surface area contributed by atoms with Crippen molar-refractivity contribution in [2.75, 3.05) is 0 Å². The van der Waals surface area contributed by atoms with Crippen molar-refractivity contribution in [2.24, 2.45) is 0 Å². The first-order valence-electron chi connectivity index (χ1n) is 8.05. The maximum absolute atomic E-state index is 12.2. The lowest BCUT2D eigenvalue weighted by atomic mass is 10.0. The van der Waals surface area contributed by atoms with E-state index >= 15 is 0 Å². The molecule has 0 fully saturated rings.